The highest BCUT2D eigenvalue weighted by molar-refractivity contribution is 5.89. The topological polar surface area (TPSA) is 164 Å². The van der Waals surface area contributed by atoms with Gasteiger partial charge in [-0.1, -0.05) is 27.7 Å². The van der Waals surface area contributed by atoms with Crippen LogP contribution in [0.4, 0.5) is 0 Å². The number of ether oxygens (including phenoxy) is 4. The predicted molar refractivity (Wildman–Crippen MR) is 227 cm³/mol. The predicted octanol–water partition coefficient (Wildman–Crippen LogP) is 8.15. The Hall–Kier alpha value is -2.32. The standard InChI is InChI=1S/C47H81N3O10/c1-40(2)19-29(20-41(3,4)27-40)58-37(52)33-17-28(36(51)57-31-23-44(9,10)49(55)45(11,12)24-31)18-34(38(53)59-30-21-42(5,6)48-43(7,8)22-30)35(33)39(54)60-32-25-46(13,14)50(56)47(15,16)26-32/h28-35,48,55-56H,17-27H2,1-16H3. The third-order valence-electron chi connectivity index (χ3n) is 14.2. The summed E-state index contributed by atoms with van der Waals surface area (Å²) in [7, 11) is 0. The lowest BCUT2D eigenvalue weighted by Crippen LogP contribution is -2.61. The maximum absolute atomic E-state index is 14.9. The van der Waals surface area contributed by atoms with Gasteiger partial charge >= 0.3 is 23.9 Å². The van der Waals surface area contributed by atoms with Crippen molar-refractivity contribution in [3.8, 4) is 0 Å². The van der Waals surface area contributed by atoms with E-state index in [2.05, 4.69) is 60.7 Å². The van der Waals surface area contributed by atoms with Crippen LogP contribution in [0.25, 0.3) is 0 Å². The zero-order valence-electron chi connectivity index (χ0n) is 40.0. The molecule has 0 aromatic heterocycles. The van der Waals surface area contributed by atoms with Crippen molar-refractivity contribution >= 4 is 23.9 Å². The Kier molecular flexibility index (Phi) is 13.3. The van der Waals surface area contributed by atoms with Gasteiger partial charge < -0.3 is 34.7 Å². The van der Waals surface area contributed by atoms with Crippen molar-refractivity contribution in [3.63, 3.8) is 0 Å². The first kappa shape index (κ1) is 48.7. The summed E-state index contributed by atoms with van der Waals surface area (Å²) in [5, 5.41) is 28.2. The molecule has 0 radical (unpaired) electrons. The Bertz CT molecular complexity index is 1500. The molecule has 60 heavy (non-hydrogen) atoms. The molecule has 13 nitrogen and oxygen atoms in total. The third kappa shape index (κ3) is 11.2. The summed E-state index contributed by atoms with van der Waals surface area (Å²) >= 11 is 0. The van der Waals surface area contributed by atoms with Crippen molar-refractivity contribution in [1.82, 2.24) is 15.4 Å². The number of nitrogens with zero attached hydrogens (tertiary/aromatic N) is 2. The smallest absolute Gasteiger partial charge is 0.310 e. The van der Waals surface area contributed by atoms with E-state index in [1.54, 1.807) is 0 Å². The van der Waals surface area contributed by atoms with Crippen molar-refractivity contribution < 1.29 is 48.5 Å². The SMILES string of the molecule is CC1(C)CC(OC(=O)C2CC(C(=O)OC3CC(C)(C)N(O)C(C)(C)C3)CC(C(=O)OC3CC(C)(C)NC(C)(C)C3)C2C(=O)OC2CC(C)(C)N(O)C(C)(C)C2)CC(C)(C)C1. The van der Waals surface area contributed by atoms with E-state index in [0.717, 1.165) is 6.42 Å². The Labute approximate surface area is 360 Å². The quantitative estimate of drug-likeness (QED) is 0.159. The van der Waals surface area contributed by atoms with Gasteiger partial charge in [0.25, 0.3) is 0 Å². The summed E-state index contributed by atoms with van der Waals surface area (Å²) < 4.78 is 25.4. The average Bonchev–Trinajstić information content (AvgIpc) is 3.01. The van der Waals surface area contributed by atoms with Crippen LogP contribution in [0, 0.1) is 34.5 Å². The van der Waals surface area contributed by atoms with Crippen LogP contribution in [-0.4, -0.2) is 102 Å². The molecule has 4 atom stereocenters. The van der Waals surface area contributed by atoms with Gasteiger partial charge in [0.2, 0.25) is 0 Å². The third-order valence-corrected chi connectivity index (χ3v) is 14.2. The van der Waals surface area contributed by atoms with E-state index in [-0.39, 0.29) is 34.7 Å². The highest BCUT2D eigenvalue weighted by Gasteiger charge is 2.56. The molecule has 5 aliphatic rings. The first-order chi connectivity index (χ1) is 27.0. The van der Waals surface area contributed by atoms with Gasteiger partial charge in [-0.2, -0.15) is 10.1 Å². The van der Waals surface area contributed by atoms with Crippen molar-refractivity contribution in [2.75, 3.05) is 0 Å². The largest absolute Gasteiger partial charge is 0.462 e. The Balaban J connectivity index is 1.52. The molecule has 4 unspecified atom stereocenters. The van der Waals surface area contributed by atoms with Crippen molar-refractivity contribution in [2.24, 2.45) is 34.5 Å². The minimum absolute atomic E-state index is 0.0637. The molecular formula is C47H81N3O10. The van der Waals surface area contributed by atoms with E-state index in [9.17, 15) is 29.6 Å². The number of hydroxylamine groups is 4. The van der Waals surface area contributed by atoms with Gasteiger partial charge in [0.1, 0.15) is 24.4 Å². The fourth-order valence-electron chi connectivity index (χ4n) is 13.0. The number of piperidine rings is 3. The summed E-state index contributed by atoms with van der Waals surface area (Å²) in [5.74, 6) is -7.13. The Morgan fingerprint density at radius 1 is 0.450 bits per heavy atom. The minimum atomic E-state index is -1.28. The van der Waals surface area contributed by atoms with E-state index in [0.29, 0.717) is 51.4 Å². The number of rotatable bonds is 8. The second kappa shape index (κ2) is 16.3. The number of carbonyl (C=O) groups is 4. The molecule has 344 valence electrons. The van der Waals surface area contributed by atoms with Gasteiger partial charge in [0, 0.05) is 71.8 Å². The molecule has 0 spiro atoms. The second-order valence-corrected chi connectivity index (χ2v) is 25.0. The molecule has 3 aliphatic heterocycles. The molecule has 13 heteroatoms. The fourth-order valence-corrected chi connectivity index (χ4v) is 13.0. The molecule has 0 bridgehead atoms. The molecule has 3 heterocycles. The molecule has 2 saturated carbocycles. The van der Waals surface area contributed by atoms with Gasteiger partial charge in [0.15, 0.2) is 0 Å². The van der Waals surface area contributed by atoms with E-state index in [1.807, 2.05) is 55.4 Å². The van der Waals surface area contributed by atoms with Crippen LogP contribution < -0.4 is 5.32 Å². The molecule has 0 aromatic rings. The normalized spacial score (nSPS) is 33.0. The summed E-state index contributed by atoms with van der Waals surface area (Å²) in [6, 6.07) is 0. The zero-order chi connectivity index (χ0) is 45.4. The van der Waals surface area contributed by atoms with Crippen molar-refractivity contribution in [3.05, 3.63) is 0 Å². The maximum Gasteiger partial charge on any atom is 0.310 e. The maximum atomic E-state index is 14.9. The van der Waals surface area contributed by atoms with Crippen molar-refractivity contribution in [2.45, 2.75) is 239 Å². The summed E-state index contributed by atoms with van der Waals surface area (Å²) in [4.78, 5) is 59.0. The van der Waals surface area contributed by atoms with E-state index >= 15 is 0 Å². The molecule has 0 aromatic carbocycles. The second-order valence-electron chi connectivity index (χ2n) is 25.0. The van der Waals surface area contributed by atoms with Gasteiger partial charge in [-0.15, -0.1) is 0 Å². The van der Waals surface area contributed by atoms with Gasteiger partial charge in [-0.05, 0) is 126 Å². The summed E-state index contributed by atoms with van der Waals surface area (Å²) in [5.41, 5.74) is -3.70. The number of hydrogen-bond donors (Lipinski definition) is 3. The average molecular weight is 848 g/mol. The molecule has 3 saturated heterocycles. The van der Waals surface area contributed by atoms with Crippen LogP contribution in [0.2, 0.25) is 0 Å². The van der Waals surface area contributed by atoms with Gasteiger partial charge in [0.05, 0.1) is 23.7 Å². The van der Waals surface area contributed by atoms with Crippen LogP contribution >= 0.6 is 0 Å². The molecular weight excluding hydrogens is 767 g/mol. The minimum Gasteiger partial charge on any atom is -0.462 e. The molecule has 3 N–H and O–H groups in total. The Morgan fingerprint density at radius 3 is 1.12 bits per heavy atom. The number of esters is 4. The van der Waals surface area contributed by atoms with Crippen LogP contribution in [0.5, 0.6) is 0 Å². The van der Waals surface area contributed by atoms with Crippen molar-refractivity contribution in [1.29, 1.82) is 0 Å². The van der Waals surface area contributed by atoms with Gasteiger partial charge in [-0.25, -0.2) is 0 Å². The van der Waals surface area contributed by atoms with E-state index in [1.165, 1.54) is 10.1 Å². The molecule has 5 fully saturated rings. The highest BCUT2D eigenvalue weighted by atomic mass is 16.6. The summed E-state index contributed by atoms with van der Waals surface area (Å²) in [6.07, 6.45) is 2.55. The first-order valence-electron chi connectivity index (χ1n) is 22.6. The number of carbonyl (C=O) groups excluding carboxylic acids is 4. The lowest BCUT2D eigenvalue weighted by atomic mass is 9.64. The number of hydrogen-bond acceptors (Lipinski definition) is 13. The number of nitrogens with one attached hydrogen (secondary N) is 1. The Morgan fingerprint density at radius 2 is 0.750 bits per heavy atom. The monoisotopic (exact) mass is 848 g/mol. The van der Waals surface area contributed by atoms with Gasteiger partial charge in [-0.3, -0.25) is 19.2 Å². The summed E-state index contributed by atoms with van der Waals surface area (Å²) in [6.45, 7) is 32.0. The zero-order valence-corrected chi connectivity index (χ0v) is 40.0. The van der Waals surface area contributed by atoms with Crippen LogP contribution in [0.15, 0.2) is 0 Å². The van der Waals surface area contributed by atoms with Crippen LogP contribution in [-0.2, 0) is 38.1 Å². The fraction of sp³-hybridized carbons (Fsp3) is 0.915. The highest BCUT2D eigenvalue weighted by Crippen LogP contribution is 2.49. The van der Waals surface area contributed by atoms with E-state index in [4.69, 9.17) is 18.9 Å². The van der Waals surface area contributed by atoms with Crippen LogP contribution in [0.3, 0.4) is 0 Å². The molecule has 0 amide bonds. The molecule has 5 rings (SSSR count). The lowest BCUT2D eigenvalue weighted by molar-refractivity contribution is -0.261. The van der Waals surface area contributed by atoms with Crippen LogP contribution in [0.1, 0.15) is 181 Å². The lowest BCUT2D eigenvalue weighted by Gasteiger charge is -2.51. The molecule has 2 aliphatic carbocycles. The van der Waals surface area contributed by atoms with E-state index < -0.39 is 94.1 Å². The first-order valence-corrected chi connectivity index (χ1v) is 22.6.